The van der Waals surface area contributed by atoms with Gasteiger partial charge in [-0.3, -0.25) is 4.79 Å². The van der Waals surface area contributed by atoms with Crippen LogP contribution in [0.25, 0.3) is 0 Å². The Morgan fingerprint density at radius 1 is 1.23 bits per heavy atom. The Hall–Kier alpha value is -1.81. The van der Waals surface area contributed by atoms with Crippen LogP contribution >= 0.6 is 11.3 Å². The Bertz CT molecular complexity index is 593. The standard InChI is InChI=1S/C18H23NO2S/c1-13(2)18(16-9-6-12-22-16)19-17(20)10-11-21-15-8-5-4-7-14(15)3/h4-9,12-13,18H,10-11H2,1-3H3,(H,19,20)/t18-/m0/s1. The number of hydrogen-bond donors (Lipinski definition) is 1. The molecule has 1 N–H and O–H groups in total. The van der Waals surface area contributed by atoms with Gasteiger partial charge in [0, 0.05) is 4.88 Å². The fourth-order valence-corrected chi connectivity index (χ4v) is 3.20. The third-order valence-electron chi connectivity index (χ3n) is 3.51. The second kappa shape index (κ2) is 7.99. The first kappa shape index (κ1) is 16.6. The molecule has 1 amide bonds. The van der Waals surface area contributed by atoms with Gasteiger partial charge in [0.05, 0.1) is 19.1 Å². The van der Waals surface area contributed by atoms with E-state index >= 15 is 0 Å². The van der Waals surface area contributed by atoms with E-state index in [9.17, 15) is 4.79 Å². The van der Waals surface area contributed by atoms with Crippen LogP contribution in [0.4, 0.5) is 0 Å². The van der Waals surface area contributed by atoms with Gasteiger partial charge in [0.2, 0.25) is 5.91 Å². The topological polar surface area (TPSA) is 38.3 Å². The molecule has 1 aromatic carbocycles. The smallest absolute Gasteiger partial charge is 0.223 e. The van der Waals surface area contributed by atoms with Crippen LogP contribution in [0, 0.1) is 12.8 Å². The lowest BCUT2D eigenvalue weighted by atomic mass is 10.0. The molecule has 0 aliphatic heterocycles. The Kier molecular flexibility index (Phi) is 6.01. The van der Waals surface area contributed by atoms with E-state index in [-0.39, 0.29) is 11.9 Å². The molecule has 22 heavy (non-hydrogen) atoms. The molecule has 2 rings (SSSR count). The Labute approximate surface area is 136 Å². The maximum absolute atomic E-state index is 12.1. The molecular weight excluding hydrogens is 294 g/mol. The van der Waals surface area contributed by atoms with E-state index in [2.05, 4.69) is 25.2 Å². The molecular formula is C18H23NO2S. The van der Waals surface area contributed by atoms with Crippen LogP contribution in [0.15, 0.2) is 41.8 Å². The van der Waals surface area contributed by atoms with Crippen LogP contribution in [0.2, 0.25) is 0 Å². The van der Waals surface area contributed by atoms with Gasteiger partial charge in [-0.05, 0) is 35.9 Å². The summed E-state index contributed by atoms with van der Waals surface area (Å²) < 4.78 is 5.68. The van der Waals surface area contributed by atoms with Crippen molar-refractivity contribution in [1.29, 1.82) is 0 Å². The molecule has 118 valence electrons. The number of amides is 1. The molecule has 0 aliphatic rings. The molecule has 0 aliphatic carbocycles. The number of ether oxygens (including phenoxy) is 1. The highest BCUT2D eigenvalue weighted by molar-refractivity contribution is 7.10. The summed E-state index contributed by atoms with van der Waals surface area (Å²) in [4.78, 5) is 13.3. The molecule has 4 heteroatoms. The zero-order valence-electron chi connectivity index (χ0n) is 13.3. The normalized spacial score (nSPS) is 12.2. The van der Waals surface area contributed by atoms with Crippen molar-refractivity contribution in [3.8, 4) is 5.75 Å². The lowest BCUT2D eigenvalue weighted by molar-refractivity contribution is -0.122. The molecule has 0 saturated heterocycles. The summed E-state index contributed by atoms with van der Waals surface area (Å²) in [6, 6.07) is 12.0. The van der Waals surface area contributed by atoms with Gasteiger partial charge in [0.1, 0.15) is 5.75 Å². The fourth-order valence-electron chi connectivity index (χ4n) is 2.25. The van der Waals surface area contributed by atoms with Gasteiger partial charge in [0.25, 0.3) is 0 Å². The number of aryl methyl sites for hydroxylation is 1. The van der Waals surface area contributed by atoms with Crippen molar-refractivity contribution in [3.63, 3.8) is 0 Å². The first-order valence-electron chi connectivity index (χ1n) is 7.59. The quantitative estimate of drug-likeness (QED) is 0.825. The van der Waals surface area contributed by atoms with E-state index in [4.69, 9.17) is 4.74 Å². The molecule has 1 atom stereocenters. The third-order valence-corrected chi connectivity index (χ3v) is 4.47. The van der Waals surface area contributed by atoms with Crippen molar-refractivity contribution < 1.29 is 9.53 Å². The van der Waals surface area contributed by atoms with E-state index in [1.165, 1.54) is 4.88 Å². The molecule has 1 heterocycles. The minimum atomic E-state index is 0.0284. The molecule has 2 aromatic rings. The Morgan fingerprint density at radius 3 is 2.64 bits per heavy atom. The molecule has 0 unspecified atom stereocenters. The van der Waals surface area contributed by atoms with Crippen molar-refractivity contribution >= 4 is 17.2 Å². The number of thiophene rings is 1. The molecule has 0 spiro atoms. The zero-order chi connectivity index (χ0) is 15.9. The SMILES string of the molecule is Cc1ccccc1OCCC(=O)N[C@H](c1cccs1)C(C)C. The lowest BCUT2D eigenvalue weighted by Gasteiger charge is -2.21. The van der Waals surface area contributed by atoms with E-state index < -0.39 is 0 Å². The predicted molar refractivity (Wildman–Crippen MR) is 91.3 cm³/mol. The minimum absolute atomic E-state index is 0.0284. The highest BCUT2D eigenvalue weighted by atomic mass is 32.1. The van der Waals surface area contributed by atoms with E-state index in [1.54, 1.807) is 11.3 Å². The van der Waals surface area contributed by atoms with Gasteiger partial charge in [0.15, 0.2) is 0 Å². The fraction of sp³-hybridized carbons (Fsp3) is 0.389. The summed E-state index contributed by atoms with van der Waals surface area (Å²) >= 11 is 1.68. The van der Waals surface area contributed by atoms with Gasteiger partial charge in [-0.2, -0.15) is 0 Å². The maximum Gasteiger partial charge on any atom is 0.223 e. The number of carbonyl (C=O) groups is 1. The van der Waals surface area contributed by atoms with Crippen LogP contribution in [0.3, 0.4) is 0 Å². The minimum Gasteiger partial charge on any atom is -0.493 e. The predicted octanol–water partition coefficient (Wildman–Crippen LogP) is 4.34. The first-order valence-corrected chi connectivity index (χ1v) is 8.47. The average Bonchev–Trinajstić information content (AvgIpc) is 3.00. The monoisotopic (exact) mass is 317 g/mol. The largest absolute Gasteiger partial charge is 0.493 e. The van der Waals surface area contributed by atoms with Crippen molar-refractivity contribution in [3.05, 3.63) is 52.2 Å². The van der Waals surface area contributed by atoms with E-state index in [1.807, 2.05) is 42.6 Å². The summed E-state index contributed by atoms with van der Waals surface area (Å²) in [7, 11) is 0. The number of carbonyl (C=O) groups excluding carboxylic acids is 1. The summed E-state index contributed by atoms with van der Waals surface area (Å²) in [5.74, 6) is 1.23. The number of benzene rings is 1. The summed E-state index contributed by atoms with van der Waals surface area (Å²) in [5, 5.41) is 5.15. The van der Waals surface area contributed by atoms with E-state index in [0.717, 1.165) is 11.3 Å². The van der Waals surface area contributed by atoms with Crippen molar-refractivity contribution in [1.82, 2.24) is 5.32 Å². The van der Waals surface area contributed by atoms with Crippen LogP contribution in [0.5, 0.6) is 5.75 Å². The Morgan fingerprint density at radius 2 is 2.00 bits per heavy atom. The lowest BCUT2D eigenvalue weighted by Crippen LogP contribution is -2.32. The molecule has 0 fully saturated rings. The van der Waals surface area contributed by atoms with Crippen LogP contribution in [-0.2, 0) is 4.79 Å². The summed E-state index contributed by atoms with van der Waals surface area (Å²) in [5.41, 5.74) is 1.08. The van der Waals surface area contributed by atoms with Gasteiger partial charge in [-0.25, -0.2) is 0 Å². The number of hydrogen-bond acceptors (Lipinski definition) is 3. The number of rotatable bonds is 7. The van der Waals surface area contributed by atoms with Gasteiger partial charge in [-0.15, -0.1) is 11.3 Å². The third kappa shape index (κ3) is 4.60. The molecule has 0 radical (unpaired) electrons. The van der Waals surface area contributed by atoms with Gasteiger partial charge >= 0.3 is 0 Å². The van der Waals surface area contributed by atoms with Crippen LogP contribution in [0.1, 0.15) is 36.8 Å². The van der Waals surface area contributed by atoms with Gasteiger partial charge < -0.3 is 10.1 Å². The first-order chi connectivity index (χ1) is 10.6. The molecule has 0 saturated carbocycles. The highest BCUT2D eigenvalue weighted by Crippen LogP contribution is 2.25. The van der Waals surface area contributed by atoms with Crippen LogP contribution < -0.4 is 10.1 Å². The van der Waals surface area contributed by atoms with Crippen LogP contribution in [-0.4, -0.2) is 12.5 Å². The Balaban J connectivity index is 1.83. The maximum atomic E-state index is 12.1. The highest BCUT2D eigenvalue weighted by Gasteiger charge is 2.19. The van der Waals surface area contributed by atoms with E-state index in [0.29, 0.717) is 18.9 Å². The number of para-hydroxylation sites is 1. The van der Waals surface area contributed by atoms with Crippen molar-refractivity contribution in [2.75, 3.05) is 6.61 Å². The van der Waals surface area contributed by atoms with Gasteiger partial charge in [-0.1, -0.05) is 38.1 Å². The van der Waals surface area contributed by atoms with Crippen molar-refractivity contribution in [2.24, 2.45) is 5.92 Å². The summed E-state index contributed by atoms with van der Waals surface area (Å²) in [6.07, 6.45) is 0.364. The number of nitrogens with one attached hydrogen (secondary N) is 1. The summed E-state index contributed by atoms with van der Waals surface area (Å²) in [6.45, 7) is 6.63. The van der Waals surface area contributed by atoms with Crippen molar-refractivity contribution in [2.45, 2.75) is 33.2 Å². The molecule has 3 nitrogen and oxygen atoms in total. The second-order valence-corrected chi connectivity index (χ2v) is 6.65. The average molecular weight is 317 g/mol. The molecule has 0 bridgehead atoms. The second-order valence-electron chi connectivity index (χ2n) is 5.67. The zero-order valence-corrected chi connectivity index (χ0v) is 14.2. The molecule has 1 aromatic heterocycles.